The molecule has 4 nitrogen and oxygen atoms in total. The predicted octanol–water partition coefficient (Wildman–Crippen LogP) is 4.25. The summed E-state index contributed by atoms with van der Waals surface area (Å²) < 4.78 is 38.7. The Kier molecular flexibility index (Phi) is 5.79. The summed E-state index contributed by atoms with van der Waals surface area (Å²) >= 11 is 0. The fraction of sp³-hybridized carbons (Fsp3) is 0.500. The molecular weight excluding hydrogens is 377 g/mol. The van der Waals surface area contributed by atoms with E-state index in [4.69, 9.17) is 0 Å². The van der Waals surface area contributed by atoms with Crippen LogP contribution in [0.25, 0.3) is 0 Å². The molecule has 0 amide bonds. The number of benzene rings is 1. The lowest BCUT2D eigenvalue weighted by Gasteiger charge is -2.53. The van der Waals surface area contributed by atoms with Gasteiger partial charge in [0.05, 0.1) is 0 Å². The number of anilines is 1. The molecule has 2 fully saturated rings. The molecule has 29 heavy (non-hydrogen) atoms. The van der Waals surface area contributed by atoms with Gasteiger partial charge in [0, 0.05) is 44.8 Å². The summed E-state index contributed by atoms with van der Waals surface area (Å²) in [6.45, 7) is 5.61. The second kappa shape index (κ2) is 8.32. The molecule has 0 unspecified atom stereocenters. The first-order valence-electron chi connectivity index (χ1n) is 10.2. The van der Waals surface area contributed by atoms with Crippen LogP contribution in [0, 0.1) is 0 Å². The monoisotopic (exact) mass is 404 g/mol. The van der Waals surface area contributed by atoms with Crippen LogP contribution >= 0.6 is 0 Å². The molecule has 4 rings (SSSR count). The number of hydrogen-bond acceptors (Lipinski definition) is 4. The van der Waals surface area contributed by atoms with Crippen molar-refractivity contribution in [2.75, 3.05) is 38.0 Å². The van der Waals surface area contributed by atoms with Gasteiger partial charge < -0.3 is 5.32 Å². The first-order chi connectivity index (χ1) is 13.9. The summed E-state index contributed by atoms with van der Waals surface area (Å²) in [5.41, 5.74) is 0.519. The highest BCUT2D eigenvalue weighted by molar-refractivity contribution is 5.37. The van der Waals surface area contributed by atoms with Gasteiger partial charge in [-0.05, 0) is 37.0 Å². The summed E-state index contributed by atoms with van der Waals surface area (Å²) in [5.74, 6) is 0.300. The maximum atomic E-state index is 12.9. The topological polar surface area (TPSA) is 31.4 Å². The molecule has 1 saturated carbocycles. The zero-order chi connectivity index (χ0) is 20.3. The number of halogens is 3. The lowest BCUT2D eigenvalue weighted by Crippen LogP contribution is -2.62. The standard InChI is InChI=1S/C22H27F3N4/c23-22(24,25)19-8-4-9-20(27-19)26-17-21(10-5-11-21)29-14-12-28(13-15-29)16-18-6-2-1-3-7-18/h1-4,6-9H,5,10-17H2,(H,26,27). The second-order valence-corrected chi connectivity index (χ2v) is 8.09. The molecule has 1 N–H and O–H groups in total. The Balaban J connectivity index is 1.33. The normalized spacial score (nSPS) is 20.2. The molecule has 156 valence electrons. The Bertz CT molecular complexity index is 797. The summed E-state index contributed by atoms with van der Waals surface area (Å²) in [6, 6.07) is 14.5. The highest BCUT2D eigenvalue weighted by atomic mass is 19.4. The third kappa shape index (κ3) is 4.73. The quantitative estimate of drug-likeness (QED) is 0.780. The molecule has 1 aliphatic carbocycles. The highest BCUT2D eigenvalue weighted by Gasteiger charge is 2.43. The van der Waals surface area contributed by atoms with Crippen molar-refractivity contribution in [2.45, 2.75) is 37.5 Å². The fourth-order valence-corrected chi connectivity index (χ4v) is 4.36. The number of hydrogen-bond donors (Lipinski definition) is 1. The molecule has 2 aliphatic rings. The third-order valence-corrected chi connectivity index (χ3v) is 6.21. The van der Waals surface area contributed by atoms with E-state index in [1.54, 1.807) is 6.07 Å². The molecule has 1 aromatic carbocycles. The van der Waals surface area contributed by atoms with E-state index in [0.717, 1.165) is 51.6 Å². The number of aromatic nitrogens is 1. The SMILES string of the molecule is FC(F)(F)c1cccc(NCC2(N3CCN(Cc4ccccc4)CC3)CCC2)n1. The smallest absolute Gasteiger partial charge is 0.368 e. The van der Waals surface area contributed by atoms with Crippen molar-refractivity contribution in [1.29, 1.82) is 0 Å². The van der Waals surface area contributed by atoms with Crippen molar-refractivity contribution in [3.63, 3.8) is 0 Å². The maximum Gasteiger partial charge on any atom is 0.433 e. The Labute approximate surface area is 169 Å². The summed E-state index contributed by atoms with van der Waals surface area (Å²) in [7, 11) is 0. The second-order valence-electron chi connectivity index (χ2n) is 8.09. The molecule has 0 atom stereocenters. The Morgan fingerprint density at radius 1 is 0.931 bits per heavy atom. The highest BCUT2D eigenvalue weighted by Crippen LogP contribution is 2.38. The van der Waals surface area contributed by atoms with Crippen LogP contribution in [0.3, 0.4) is 0 Å². The number of rotatable bonds is 6. The van der Waals surface area contributed by atoms with E-state index in [0.29, 0.717) is 12.4 Å². The molecule has 1 aromatic heterocycles. The van der Waals surface area contributed by atoms with Gasteiger partial charge in [0.25, 0.3) is 0 Å². The third-order valence-electron chi connectivity index (χ3n) is 6.21. The average molecular weight is 404 g/mol. The van der Waals surface area contributed by atoms with Crippen molar-refractivity contribution >= 4 is 5.82 Å². The van der Waals surface area contributed by atoms with Gasteiger partial charge in [-0.2, -0.15) is 13.2 Å². The zero-order valence-electron chi connectivity index (χ0n) is 16.5. The van der Waals surface area contributed by atoms with Gasteiger partial charge in [-0.15, -0.1) is 0 Å². The maximum absolute atomic E-state index is 12.9. The van der Waals surface area contributed by atoms with Crippen molar-refractivity contribution in [3.05, 3.63) is 59.8 Å². The van der Waals surface area contributed by atoms with E-state index >= 15 is 0 Å². The minimum Gasteiger partial charge on any atom is -0.368 e. The lowest BCUT2D eigenvalue weighted by molar-refractivity contribution is -0.141. The van der Waals surface area contributed by atoms with E-state index in [2.05, 4.69) is 44.4 Å². The van der Waals surface area contributed by atoms with E-state index in [9.17, 15) is 13.2 Å². The number of nitrogens with zero attached hydrogens (tertiary/aromatic N) is 3. The molecule has 1 saturated heterocycles. The van der Waals surface area contributed by atoms with Crippen molar-refractivity contribution in [2.24, 2.45) is 0 Å². The Morgan fingerprint density at radius 3 is 2.28 bits per heavy atom. The van der Waals surface area contributed by atoms with Gasteiger partial charge in [0.2, 0.25) is 0 Å². The van der Waals surface area contributed by atoms with Gasteiger partial charge in [-0.1, -0.05) is 36.4 Å². The van der Waals surface area contributed by atoms with Crippen molar-refractivity contribution < 1.29 is 13.2 Å². The number of piperazine rings is 1. The molecule has 0 spiro atoms. The van der Waals surface area contributed by atoms with Crippen molar-refractivity contribution in [3.8, 4) is 0 Å². The van der Waals surface area contributed by atoms with Crippen LogP contribution in [0.5, 0.6) is 0 Å². The van der Waals surface area contributed by atoms with E-state index in [1.165, 1.54) is 18.1 Å². The number of nitrogens with one attached hydrogen (secondary N) is 1. The van der Waals surface area contributed by atoms with Gasteiger partial charge in [0.15, 0.2) is 0 Å². The minimum atomic E-state index is -4.42. The number of pyridine rings is 1. The Morgan fingerprint density at radius 2 is 1.66 bits per heavy atom. The molecule has 2 aromatic rings. The molecule has 1 aliphatic heterocycles. The molecule has 0 bridgehead atoms. The molecule has 7 heteroatoms. The molecule has 2 heterocycles. The van der Waals surface area contributed by atoms with Crippen LogP contribution in [0.1, 0.15) is 30.5 Å². The van der Waals surface area contributed by atoms with Crippen LogP contribution in [-0.4, -0.2) is 53.0 Å². The zero-order valence-corrected chi connectivity index (χ0v) is 16.5. The average Bonchev–Trinajstić information content (AvgIpc) is 2.69. The lowest BCUT2D eigenvalue weighted by atomic mass is 9.74. The summed E-state index contributed by atoms with van der Waals surface area (Å²) in [4.78, 5) is 8.75. The van der Waals surface area contributed by atoms with E-state index in [-0.39, 0.29) is 5.54 Å². The fourth-order valence-electron chi connectivity index (χ4n) is 4.36. The predicted molar refractivity (Wildman–Crippen MR) is 108 cm³/mol. The first kappa shape index (κ1) is 20.2. The molecule has 0 radical (unpaired) electrons. The van der Waals surface area contributed by atoms with Crippen LogP contribution in [0.4, 0.5) is 19.0 Å². The number of alkyl halides is 3. The summed E-state index contributed by atoms with van der Waals surface area (Å²) in [6.07, 6.45) is -1.09. The summed E-state index contributed by atoms with van der Waals surface area (Å²) in [5, 5.41) is 3.18. The molecular formula is C22H27F3N4. The largest absolute Gasteiger partial charge is 0.433 e. The van der Waals surface area contributed by atoms with Crippen LogP contribution in [0.15, 0.2) is 48.5 Å². The first-order valence-corrected chi connectivity index (χ1v) is 10.2. The van der Waals surface area contributed by atoms with Gasteiger partial charge >= 0.3 is 6.18 Å². The van der Waals surface area contributed by atoms with E-state index in [1.807, 2.05) is 6.07 Å². The van der Waals surface area contributed by atoms with Gasteiger partial charge in [-0.25, -0.2) is 4.98 Å². The Hall–Kier alpha value is -2.12. The van der Waals surface area contributed by atoms with Crippen LogP contribution < -0.4 is 5.32 Å². The van der Waals surface area contributed by atoms with Crippen LogP contribution in [0.2, 0.25) is 0 Å². The van der Waals surface area contributed by atoms with Crippen molar-refractivity contribution in [1.82, 2.24) is 14.8 Å². The van der Waals surface area contributed by atoms with E-state index < -0.39 is 11.9 Å². The van der Waals surface area contributed by atoms with Gasteiger partial charge in [0.1, 0.15) is 11.5 Å². The van der Waals surface area contributed by atoms with Gasteiger partial charge in [-0.3, -0.25) is 9.80 Å². The minimum absolute atomic E-state index is 0.0365. The van der Waals surface area contributed by atoms with Crippen LogP contribution in [-0.2, 0) is 12.7 Å².